The molecule has 1 fully saturated rings. The van der Waals surface area contributed by atoms with E-state index in [0.29, 0.717) is 28.6 Å². The number of halogens is 4. The number of rotatable bonds is 7. The van der Waals surface area contributed by atoms with Gasteiger partial charge in [0.1, 0.15) is 12.4 Å². The summed E-state index contributed by atoms with van der Waals surface area (Å²) in [6.45, 7) is 2.58. The minimum atomic E-state index is -5.08. The average Bonchev–Trinajstić information content (AvgIpc) is 3.07. The van der Waals surface area contributed by atoms with E-state index in [1.165, 1.54) is 4.90 Å². The van der Waals surface area contributed by atoms with Crippen LogP contribution in [0.1, 0.15) is 28.0 Å². The molecule has 1 saturated heterocycles. The van der Waals surface area contributed by atoms with Crippen molar-refractivity contribution in [3.8, 4) is 5.75 Å². The largest absolute Gasteiger partial charge is 0.490 e. The van der Waals surface area contributed by atoms with Crippen molar-refractivity contribution in [3.05, 3.63) is 101 Å². The summed E-state index contributed by atoms with van der Waals surface area (Å²) in [7, 11) is 0. The maximum absolute atomic E-state index is 13.2. The van der Waals surface area contributed by atoms with Gasteiger partial charge in [0.05, 0.1) is 17.4 Å². The molecule has 252 valence electrons. The van der Waals surface area contributed by atoms with Crippen molar-refractivity contribution in [3.63, 3.8) is 0 Å². The van der Waals surface area contributed by atoms with E-state index < -0.39 is 29.9 Å². The van der Waals surface area contributed by atoms with E-state index in [-0.39, 0.29) is 31.3 Å². The van der Waals surface area contributed by atoms with Gasteiger partial charge in [0.25, 0.3) is 5.91 Å². The van der Waals surface area contributed by atoms with E-state index in [2.05, 4.69) is 10.3 Å². The molecular formula is C33H30ClF3N4O7. The van der Waals surface area contributed by atoms with Crippen molar-refractivity contribution in [1.29, 1.82) is 0 Å². The predicted molar refractivity (Wildman–Crippen MR) is 168 cm³/mol. The van der Waals surface area contributed by atoms with Gasteiger partial charge in [0, 0.05) is 46.0 Å². The highest BCUT2D eigenvalue weighted by atomic mass is 35.5. The fraction of sp³-hybridized carbons (Fsp3) is 0.242. The van der Waals surface area contributed by atoms with Gasteiger partial charge in [-0.25, -0.2) is 10.3 Å². The molecule has 2 heterocycles. The summed E-state index contributed by atoms with van der Waals surface area (Å²) in [5, 5.41) is 20.8. The lowest BCUT2D eigenvalue weighted by atomic mass is 9.83. The lowest BCUT2D eigenvalue weighted by Crippen LogP contribution is -2.51. The third-order valence-corrected chi connectivity index (χ3v) is 7.72. The molecule has 48 heavy (non-hydrogen) atoms. The number of para-hydroxylation sites is 1. The molecule has 3 amide bonds. The second-order valence-electron chi connectivity index (χ2n) is 10.8. The van der Waals surface area contributed by atoms with Gasteiger partial charge < -0.3 is 20.1 Å². The summed E-state index contributed by atoms with van der Waals surface area (Å²) >= 11 is 5.92. The molecule has 11 nitrogen and oxygen atoms in total. The Balaban J connectivity index is 0.000000671. The van der Waals surface area contributed by atoms with Crippen LogP contribution in [-0.4, -0.2) is 63.2 Å². The Morgan fingerprint density at radius 1 is 0.979 bits per heavy atom. The Labute approximate surface area is 277 Å². The van der Waals surface area contributed by atoms with Crippen LogP contribution in [0.15, 0.2) is 78.9 Å². The van der Waals surface area contributed by atoms with Gasteiger partial charge in [0.15, 0.2) is 0 Å². The lowest BCUT2D eigenvalue weighted by Gasteiger charge is -2.36. The summed E-state index contributed by atoms with van der Waals surface area (Å²) in [5.74, 6) is -5.16. The highest BCUT2D eigenvalue weighted by Gasteiger charge is 2.40. The number of nitrogens with zero attached hydrogens (tertiary/aromatic N) is 2. The highest BCUT2D eigenvalue weighted by molar-refractivity contribution is 6.30. The van der Waals surface area contributed by atoms with Crippen LogP contribution in [0, 0.1) is 18.8 Å². The average molecular weight is 687 g/mol. The van der Waals surface area contributed by atoms with E-state index >= 15 is 0 Å². The molecule has 5 rings (SSSR count). The standard InChI is InChI=1S/C31H29ClN4O5.C2HF3O2/c1-19-16-21(25-4-2-3-5-28(25)33-19)18-41-24-12-10-23(11-13-24)34-29(37)26-14-15-36(17-27(26)30(38)35-40)31(39)20-6-8-22(32)9-7-20;3-2(4,5)1(6)7/h2-13,16,26-27,40H,14-15,17-18H2,1H3,(H,34,37)(H,35,38);(H,6,7)/t26-,27-;/m0./s1. The number of hydroxylamine groups is 1. The molecule has 4 aromatic rings. The number of pyridine rings is 1. The van der Waals surface area contributed by atoms with Crippen LogP contribution in [-0.2, 0) is 21.0 Å². The number of aryl methyl sites for hydroxylation is 1. The first-order valence-corrected chi connectivity index (χ1v) is 14.8. The summed E-state index contributed by atoms with van der Waals surface area (Å²) in [4.78, 5) is 53.6. The fourth-order valence-electron chi connectivity index (χ4n) is 5.12. The molecule has 15 heteroatoms. The van der Waals surface area contributed by atoms with Crippen LogP contribution in [0.2, 0.25) is 5.02 Å². The molecule has 0 spiro atoms. The number of aromatic nitrogens is 1. The first-order valence-electron chi connectivity index (χ1n) is 14.4. The van der Waals surface area contributed by atoms with Crippen LogP contribution < -0.4 is 15.5 Å². The van der Waals surface area contributed by atoms with Crippen molar-refractivity contribution in [2.75, 3.05) is 18.4 Å². The molecule has 0 unspecified atom stereocenters. The number of benzene rings is 3. The van der Waals surface area contributed by atoms with Crippen LogP contribution in [0.25, 0.3) is 10.9 Å². The zero-order chi connectivity index (χ0) is 35.0. The van der Waals surface area contributed by atoms with Gasteiger partial charge in [-0.1, -0.05) is 29.8 Å². The Bertz CT molecular complexity index is 1790. The molecule has 1 aliphatic heterocycles. The molecule has 0 bridgehead atoms. The van der Waals surface area contributed by atoms with E-state index in [0.717, 1.165) is 22.2 Å². The highest BCUT2D eigenvalue weighted by Crippen LogP contribution is 2.28. The number of hydrogen-bond donors (Lipinski definition) is 4. The van der Waals surface area contributed by atoms with Crippen LogP contribution >= 0.6 is 11.6 Å². The normalized spacial score (nSPS) is 15.9. The van der Waals surface area contributed by atoms with E-state index in [1.807, 2.05) is 37.3 Å². The number of alkyl halides is 3. The van der Waals surface area contributed by atoms with Crippen molar-refractivity contribution >= 4 is 51.9 Å². The van der Waals surface area contributed by atoms with Crippen molar-refractivity contribution in [2.45, 2.75) is 26.1 Å². The molecular weight excluding hydrogens is 657 g/mol. The van der Waals surface area contributed by atoms with E-state index in [9.17, 15) is 32.8 Å². The second-order valence-corrected chi connectivity index (χ2v) is 11.2. The number of ether oxygens (including phenoxy) is 1. The number of carbonyl (C=O) groups is 4. The molecule has 2 atom stereocenters. The first kappa shape index (κ1) is 35.6. The third kappa shape index (κ3) is 9.20. The number of amides is 3. The Morgan fingerprint density at radius 2 is 1.62 bits per heavy atom. The second kappa shape index (κ2) is 15.6. The zero-order valence-electron chi connectivity index (χ0n) is 25.3. The number of nitrogens with one attached hydrogen (secondary N) is 2. The third-order valence-electron chi connectivity index (χ3n) is 7.46. The molecule has 0 saturated carbocycles. The monoisotopic (exact) mass is 686 g/mol. The topological polar surface area (TPSA) is 158 Å². The number of likely N-dealkylation sites (tertiary alicyclic amines) is 1. The zero-order valence-corrected chi connectivity index (χ0v) is 26.1. The maximum Gasteiger partial charge on any atom is 0.490 e. The SMILES string of the molecule is Cc1cc(COc2ccc(NC(=O)[C@H]3CCN(C(=O)c4ccc(Cl)cc4)C[C@@H]3C(=O)NO)cc2)c2ccccc2n1.O=C(O)C(F)(F)F. The number of carboxylic acid groups (broad SMARTS) is 1. The number of aliphatic carboxylic acids is 1. The number of carboxylic acids is 1. The number of hydrogen-bond acceptors (Lipinski definition) is 7. The van der Waals surface area contributed by atoms with Gasteiger partial charge in [-0.15, -0.1) is 0 Å². The van der Waals surface area contributed by atoms with Crippen LogP contribution in [0.3, 0.4) is 0 Å². The Morgan fingerprint density at radius 3 is 2.25 bits per heavy atom. The van der Waals surface area contributed by atoms with E-state index in [4.69, 9.17) is 26.2 Å². The number of anilines is 1. The van der Waals surface area contributed by atoms with Crippen molar-refractivity contribution in [2.24, 2.45) is 11.8 Å². The molecule has 0 radical (unpaired) electrons. The van der Waals surface area contributed by atoms with Gasteiger partial charge in [-0.05, 0) is 74.0 Å². The lowest BCUT2D eigenvalue weighted by molar-refractivity contribution is -0.192. The number of carbonyl (C=O) groups excluding carboxylic acids is 3. The first-order chi connectivity index (χ1) is 22.8. The van der Waals surface area contributed by atoms with Gasteiger partial charge in [0.2, 0.25) is 11.8 Å². The quantitative estimate of drug-likeness (QED) is 0.144. The summed E-state index contributed by atoms with van der Waals surface area (Å²) < 4.78 is 37.7. The number of fused-ring (bicyclic) bond motifs is 1. The van der Waals surface area contributed by atoms with E-state index in [1.54, 1.807) is 54.0 Å². The molecule has 4 N–H and O–H groups in total. The molecule has 1 aromatic heterocycles. The van der Waals surface area contributed by atoms with Gasteiger partial charge in [-0.2, -0.15) is 13.2 Å². The summed E-state index contributed by atoms with van der Waals surface area (Å²) in [5.41, 5.74) is 5.46. The minimum Gasteiger partial charge on any atom is -0.489 e. The molecule has 0 aliphatic carbocycles. The Hall–Kier alpha value is -5.21. The van der Waals surface area contributed by atoms with Crippen LogP contribution in [0.5, 0.6) is 5.75 Å². The molecule has 3 aromatic carbocycles. The smallest absolute Gasteiger partial charge is 0.489 e. The van der Waals surface area contributed by atoms with Crippen LogP contribution in [0.4, 0.5) is 18.9 Å². The van der Waals surface area contributed by atoms with Gasteiger partial charge in [-0.3, -0.25) is 24.6 Å². The van der Waals surface area contributed by atoms with Crippen molar-refractivity contribution < 1.29 is 47.4 Å². The molecule has 1 aliphatic rings. The summed E-state index contributed by atoms with van der Waals surface area (Å²) in [6, 6.07) is 23.3. The van der Waals surface area contributed by atoms with Crippen molar-refractivity contribution in [1.82, 2.24) is 15.4 Å². The fourth-order valence-corrected chi connectivity index (χ4v) is 5.24. The maximum atomic E-state index is 13.2. The predicted octanol–water partition coefficient (Wildman–Crippen LogP) is 5.63. The summed E-state index contributed by atoms with van der Waals surface area (Å²) in [6.07, 6.45) is -4.83. The Kier molecular flexibility index (Phi) is 11.6. The number of piperidine rings is 1. The minimum absolute atomic E-state index is 0.0120. The van der Waals surface area contributed by atoms with Gasteiger partial charge >= 0.3 is 12.1 Å².